The van der Waals surface area contributed by atoms with E-state index in [1.54, 1.807) is 19.2 Å². The third kappa shape index (κ3) is 1.87. The summed E-state index contributed by atoms with van der Waals surface area (Å²) in [6, 6.07) is 5.82. The summed E-state index contributed by atoms with van der Waals surface area (Å²) in [5, 5.41) is 0. The van der Waals surface area contributed by atoms with Gasteiger partial charge < -0.3 is 4.74 Å². The Balaban J connectivity index is 2.30. The first kappa shape index (κ1) is 11.3. The summed E-state index contributed by atoms with van der Waals surface area (Å²) in [5.41, 5.74) is -0.308. The van der Waals surface area contributed by atoms with E-state index in [2.05, 4.69) is 0 Å². The number of carbonyl (C=O) groups is 1. The van der Waals surface area contributed by atoms with E-state index in [1.165, 1.54) is 12.1 Å². The minimum absolute atomic E-state index is 0.0907. The number of Topliss-reactive ketones (excluding diaryl/α,β-unsaturated/α-hetero) is 1. The van der Waals surface area contributed by atoms with Crippen LogP contribution in [-0.4, -0.2) is 18.5 Å². The zero-order valence-electron chi connectivity index (χ0n) is 9.33. The van der Waals surface area contributed by atoms with Crippen molar-refractivity contribution < 1.29 is 13.9 Å². The van der Waals surface area contributed by atoms with Crippen LogP contribution in [0.4, 0.5) is 4.39 Å². The molecule has 1 saturated carbocycles. The summed E-state index contributed by atoms with van der Waals surface area (Å²) in [4.78, 5) is 12.3. The third-order valence-electron chi connectivity index (χ3n) is 3.30. The fourth-order valence-corrected chi connectivity index (χ4v) is 2.36. The predicted octanol–water partition coefficient (Wildman–Crippen LogP) is 2.97. The van der Waals surface area contributed by atoms with Gasteiger partial charge in [0.2, 0.25) is 0 Å². The Bertz CT molecular complexity index is 395. The summed E-state index contributed by atoms with van der Waals surface area (Å²) in [7, 11) is 1.56. The molecule has 0 bridgehead atoms. The number of ether oxygens (including phenoxy) is 1. The molecule has 1 aliphatic rings. The van der Waals surface area contributed by atoms with Crippen molar-refractivity contribution in [2.24, 2.45) is 0 Å². The smallest absolute Gasteiger partial charge is 0.194 e. The topological polar surface area (TPSA) is 26.3 Å². The van der Waals surface area contributed by atoms with Crippen molar-refractivity contribution in [3.63, 3.8) is 0 Å². The molecule has 1 fully saturated rings. The summed E-state index contributed by atoms with van der Waals surface area (Å²) in [6.07, 6.45) is 3.46. The first-order chi connectivity index (χ1) is 7.68. The highest BCUT2D eigenvalue weighted by molar-refractivity contribution is 6.02. The molecule has 0 atom stereocenters. The van der Waals surface area contributed by atoms with Crippen LogP contribution in [-0.2, 0) is 4.74 Å². The number of hydrogen-bond donors (Lipinski definition) is 0. The van der Waals surface area contributed by atoms with Crippen molar-refractivity contribution in [1.29, 1.82) is 0 Å². The Morgan fingerprint density at radius 3 is 2.62 bits per heavy atom. The first-order valence-electron chi connectivity index (χ1n) is 5.53. The number of benzene rings is 1. The van der Waals surface area contributed by atoms with E-state index in [9.17, 15) is 9.18 Å². The molecule has 0 aliphatic heterocycles. The molecule has 0 amide bonds. The van der Waals surface area contributed by atoms with Crippen molar-refractivity contribution in [3.8, 4) is 0 Å². The highest BCUT2D eigenvalue weighted by Gasteiger charge is 2.41. The van der Waals surface area contributed by atoms with Crippen LogP contribution in [0.15, 0.2) is 24.3 Å². The molecule has 3 heteroatoms. The van der Waals surface area contributed by atoms with Crippen LogP contribution < -0.4 is 0 Å². The second-order valence-corrected chi connectivity index (χ2v) is 4.24. The lowest BCUT2D eigenvalue weighted by molar-refractivity contribution is 0.00599. The average molecular weight is 222 g/mol. The maximum Gasteiger partial charge on any atom is 0.194 e. The molecule has 0 saturated heterocycles. The van der Waals surface area contributed by atoms with Gasteiger partial charge in [-0.1, -0.05) is 12.1 Å². The molecule has 0 spiro atoms. The van der Waals surface area contributed by atoms with Crippen LogP contribution in [0.2, 0.25) is 0 Å². The zero-order valence-corrected chi connectivity index (χ0v) is 9.33. The summed E-state index contributed by atoms with van der Waals surface area (Å²) in [5.74, 6) is -0.470. The monoisotopic (exact) mass is 222 g/mol. The molecule has 1 aromatic rings. The van der Waals surface area contributed by atoms with Gasteiger partial charge in [0.05, 0.1) is 0 Å². The van der Waals surface area contributed by atoms with Gasteiger partial charge in [0, 0.05) is 12.7 Å². The Morgan fingerprint density at radius 1 is 1.38 bits per heavy atom. The SMILES string of the molecule is COC1(C(=O)c2cccc(F)c2)CCCC1. The zero-order chi connectivity index (χ0) is 11.6. The number of ketones is 1. The van der Waals surface area contributed by atoms with Crippen molar-refractivity contribution >= 4 is 5.78 Å². The number of methoxy groups -OCH3 is 1. The molecule has 16 heavy (non-hydrogen) atoms. The average Bonchev–Trinajstić information content (AvgIpc) is 2.78. The van der Waals surface area contributed by atoms with E-state index < -0.39 is 5.60 Å². The molecule has 0 unspecified atom stereocenters. The standard InChI is InChI=1S/C13H15FO2/c1-16-13(7-2-3-8-13)12(15)10-5-4-6-11(14)9-10/h4-6,9H,2-3,7-8H2,1H3. The van der Waals surface area contributed by atoms with Crippen LogP contribution in [0.25, 0.3) is 0 Å². The van der Waals surface area contributed by atoms with Crippen molar-refractivity contribution in [2.75, 3.05) is 7.11 Å². The predicted molar refractivity (Wildman–Crippen MR) is 58.9 cm³/mol. The lowest BCUT2D eigenvalue weighted by Gasteiger charge is -2.25. The molecule has 2 nitrogen and oxygen atoms in total. The van der Waals surface area contributed by atoms with Gasteiger partial charge in [-0.15, -0.1) is 0 Å². The fraction of sp³-hybridized carbons (Fsp3) is 0.462. The maximum absolute atomic E-state index is 13.1. The van der Waals surface area contributed by atoms with Gasteiger partial charge in [-0.3, -0.25) is 4.79 Å². The highest BCUT2D eigenvalue weighted by Crippen LogP contribution is 2.35. The van der Waals surface area contributed by atoms with Crippen LogP contribution in [0.5, 0.6) is 0 Å². The summed E-state index contributed by atoms with van der Waals surface area (Å²) >= 11 is 0. The van der Waals surface area contributed by atoms with Crippen LogP contribution in [0.1, 0.15) is 36.0 Å². The largest absolute Gasteiger partial charge is 0.370 e. The molecule has 0 aromatic heterocycles. The van der Waals surface area contributed by atoms with Gasteiger partial charge >= 0.3 is 0 Å². The minimum atomic E-state index is -0.714. The fourth-order valence-electron chi connectivity index (χ4n) is 2.36. The number of rotatable bonds is 3. The molecular weight excluding hydrogens is 207 g/mol. The van der Waals surface area contributed by atoms with E-state index in [-0.39, 0.29) is 11.6 Å². The molecule has 2 rings (SSSR count). The number of carbonyl (C=O) groups excluding carboxylic acids is 1. The number of halogens is 1. The number of hydrogen-bond acceptors (Lipinski definition) is 2. The lowest BCUT2D eigenvalue weighted by atomic mass is 9.91. The maximum atomic E-state index is 13.1. The van der Waals surface area contributed by atoms with Gasteiger partial charge in [-0.2, -0.15) is 0 Å². The normalized spacial score (nSPS) is 18.6. The summed E-state index contributed by atoms with van der Waals surface area (Å²) in [6.45, 7) is 0. The molecule has 86 valence electrons. The van der Waals surface area contributed by atoms with Gasteiger partial charge in [0.25, 0.3) is 0 Å². The molecule has 0 N–H and O–H groups in total. The van der Waals surface area contributed by atoms with Crippen LogP contribution in [0, 0.1) is 5.82 Å². The van der Waals surface area contributed by atoms with E-state index >= 15 is 0 Å². The highest BCUT2D eigenvalue weighted by atomic mass is 19.1. The van der Waals surface area contributed by atoms with Gasteiger partial charge in [-0.25, -0.2) is 4.39 Å². The van der Waals surface area contributed by atoms with E-state index in [1.807, 2.05) is 0 Å². The second-order valence-electron chi connectivity index (χ2n) is 4.24. The molecule has 0 heterocycles. The first-order valence-corrected chi connectivity index (χ1v) is 5.53. The van der Waals surface area contributed by atoms with Gasteiger partial charge in [0.1, 0.15) is 11.4 Å². The molecule has 1 aliphatic carbocycles. The molecular formula is C13H15FO2. The Kier molecular flexibility index (Phi) is 3.06. The van der Waals surface area contributed by atoms with Crippen LogP contribution in [0.3, 0.4) is 0 Å². The minimum Gasteiger partial charge on any atom is -0.370 e. The van der Waals surface area contributed by atoms with Crippen molar-refractivity contribution in [2.45, 2.75) is 31.3 Å². The van der Waals surface area contributed by atoms with Gasteiger partial charge in [0.15, 0.2) is 5.78 Å². The quantitative estimate of drug-likeness (QED) is 0.735. The van der Waals surface area contributed by atoms with Crippen LogP contribution >= 0.6 is 0 Å². The van der Waals surface area contributed by atoms with E-state index in [0.717, 1.165) is 25.7 Å². The van der Waals surface area contributed by atoms with Crippen molar-refractivity contribution in [1.82, 2.24) is 0 Å². The third-order valence-corrected chi connectivity index (χ3v) is 3.30. The van der Waals surface area contributed by atoms with E-state index in [0.29, 0.717) is 5.56 Å². The Labute approximate surface area is 94.4 Å². The van der Waals surface area contributed by atoms with Gasteiger partial charge in [-0.05, 0) is 37.8 Å². The summed E-state index contributed by atoms with van der Waals surface area (Å²) < 4.78 is 18.4. The lowest BCUT2D eigenvalue weighted by Crippen LogP contribution is -2.37. The molecule has 0 radical (unpaired) electrons. The Morgan fingerprint density at radius 2 is 2.06 bits per heavy atom. The van der Waals surface area contributed by atoms with Crippen molar-refractivity contribution in [3.05, 3.63) is 35.6 Å². The second kappa shape index (κ2) is 4.34. The molecule has 1 aromatic carbocycles. The van der Waals surface area contributed by atoms with E-state index in [4.69, 9.17) is 4.74 Å². The Hall–Kier alpha value is -1.22.